The van der Waals surface area contributed by atoms with Gasteiger partial charge in [-0.3, -0.25) is 9.59 Å². The molecule has 0 unspecified atom stereocenters. The van der Waals surface area contributed by atoms with Crippen LogP contribution in [0, 0.1) is 12.8 Å². The zero-order valence-electron chi connectivity index (χ0n) is 20.2. The maximum Gasteiger partial charge on any atom is 0.245 e. The lowest BCUT2D eigenvalue weighted by Crippen LogP contribution is -2.30. The van der Waals surface area contributed by atoms with Gasteiger partial charge in [0, 0.05) is 23.7 Å². The lowest BCUT2D eigenvalue weighted by Gasteiger charge is -2.16. The lowest BCUT2D eigenvalue weighted by molar-refractivity contribution is -0.126. The Labute approximate surface area is 215 Å². The summed E-state index contributed by atoms with van der Waals surface area (Å²) in [4.78, 5) is 26.7. The molecule has 7 nitrogen and oxygen atoms in total. The van der Waals surface area contributed by atoms with Crippen LogP contribution in [0.5, 0.6) is 11.5 Å². The number of hydrogen-bond donors (Lipinski definition) is 1. The maximum absolute atomic E-state index is 12.6. The summed E-state index contributed by atoms with van der Waals surface area (Å²) in [5.41, 5.74) is 6.20. The third kappa shape index (κ3) is 6.43. The normalized spacial score (nSPS) is 15.4. The first-order chi connectivity index (χ1) is 17.4. The van der Waals surface area contributed by atoms with Crippen molar-refractivity contribution < 1.29 is 19.1 Å². The molecule has 0 radical (unpaired) electrons. The van der Waals surface area contributed by atoms with E-state index in [0.29, 0.717) is 36.3 Å². The molecule has 0 aromatic heterocycles. The Hall–Kier alpha value is -3.84. The highest BCUT2D eigenvalue weighted by molar-refractivity contribution is 6.30. The van der Waals surface area contributed by atoms with E-state index in [1.807, 2.05) is 68.4 Å². The minimum absolute atomic E-state index is 0.0708. The van der Waals surface area contributed by atoms with Crippen LogP contribution in [-0.2, 0) is 16.2 Å². The van der Waals surface area contributed by atoms with Gasteiger partial charge in [0.2, 0.25) is 11.8 Å². The van der Waals surface area contributed by atoms with Crippen molar-refractivity contribution in [3.8, 4) is 11.5 Å². The van der Waals surface area contributed by atoms with Crippen molar-refractivity contribution in [2.45, 2.75) is 26.9 Å². The van der Waals surface area contributed by atoms with Crippen molar-refractivity contribution >= 4 is 35.3 Å². The SMILES string of the molecule is CCOc1cc(/C=N/NC(=O)[C@@H]2CC(=O)N(c3ccc(C)cc3)C2)ccc1OCc1ccc(Cl)cc1. The predicted molar refractivity (Wildman–Crippen MR) is 141 cm³/mol. The monoisotopic (exact) mass is 505 g/mol. The minimum atomic E-state index is -0.460. The van der Waals surface area contributed by atoms with Crippen molar-refractivity contribution in [2.24, 2.45) is 11.0 Å². The number of aryl methyl sites for hydroxylation is 1. The summed E-state index contributed by atoms with van der Waals surface area (Å²) in [5.74, 6) is 0.366. The van der Waals surface area contributed by atoms with Crippen molar-refractivity contribution in [3.63, 3.8) is 0 Å². The van der Waals surface area contributed by atoms with Gasteiger partial charge in [-0.05, 0) is 67.4 Å². The first-order valence-electron chi connectivity index (χ1n) is 11.8. The molecule has 0 bridgehead atoms. The lowest BCUT2D eigenvalue weighted by atomic mass is 10.1. The fourth-order valence-electron chi connectivity index (χ4n) is 3.85. The number of ether oxygens (including phenoxy) is 2. The van der Waals surface area contributed by atoms with Gasteiger partial charge in [0.25, 0.3) is 0 Å². The standard InChI is InChI=1S/C28H28ClN3O4/c1-3-35-26-14-21(8-13-25(26)36-18-20-6-9-23(29)10-7-20)16-30-31-28(34)22-15-27(33)32(17-22)24-11-4-19(2)5-12-24/h4-14,16,22H,3,15,17-18H2,1-2H3,(H,31,34)/b30-16+/t22-/m1/s1. The van der Waals surface area contributed by atoms with Crippen LogP contribution >= 0.6 is 11.6 Å². The molecular weight excluding hydrogens is 478 g/mol. The van der Waals surface area contributed by atoms with E-state index in [-0.39, 0.29) is 18.2 Å². The molecule has 0 aliphatic carbocycles. The smallest absolute Gasteiger partial charge is 0.245 e. The zero-order valence-corrected chi connectivity index (χ0v) is 21.0. The van der Waals surface area contributed by atoms with Crippen LogP contribution in [0.15, 0.2) is 71.8 Å². The number of hydrazone groups is 1. The molecule has 0 saturated carbocycles. The van der Waals surface area contributed by atoms with E-state index in [9.17, 15) is 9.59 Å². The highest BCUT2D eigenvalue weighted by Gasteiger charge is 2.35. The molecule has 36 heavy (non-hydrogen) atoms. The Bertz CT molecular complexity index is 1240. The number of amides is 2. The Morgan fingerprint density at radius 3 is 2.56 bits per heavy atom. The Morgan fingerprint density at radius 2 is 1.83 bits per heavy atom. The molecule has 2 amide bonds. The average Bonchev–Trinajstić information content (AvgIpc) is 3.27. The first-order valence-corrected chi connectivity index (χ1v) is 12.1. The molecule has 1 fully saturated rings. The molecule has 1 N–H and O–H groups in total. The Balaban J connectivity index is 1.35. The van der Waals surface area contributed by atoms with E-state index >= 15 is 0 Å². The van der Waals surface area contributed by atoms with E-state index in [2.05, 4.69) is 10.5 Å². The number of carbonyl (C=O) groups excluding carboxylic acids is 2. The van der Waals surface area contributed by atoms with E-state index in [4.69, 9.17) is 21.1 Å². The third-order valence-electron chi connectivity index (χ3n) is 5.81. The zero-order chi connectivity index (χ0) is 25.5. The summed E-state index contributed by atoms with van der Waals surface area (Å²) < 4.78 is 11.7. The summed E-state index contributed by atoms with van der Waals surface area (Å²) in [6.07, 6.45) is 1.70. The second kappa shape index (κ2) is 11.7. The molecule has 3 aromatic carbocycles. The van der Waals surface area contributed by atoms with E-state index in [1.54, 1.807) is 17.0 Å². The molecule has 1 aliphatic rings. The van der Waals surface area contributed by atoms with Crippen LogP contribution in [0.4, 0.5) is 5.69 Å². The number of hydrogen-bond acceptors (Lipinski definition) is 5. The van der Waals surface area contributed by atoms with Gasteiger partial charge in [0.05, 0.1) is 18.7 Å². The van der Waals surface area contributed by atoms with Gasteiger partial charge in [0.1, 0.15) is 6.61 Å². The van der Waals surface area contributed by atoms with Crippen molar-refractivity contribution in [3.05, 3.63) is 88.4 Å². The number of nitrogens with one attached hydrogen (secondary N) is 1. The van der Waals surface area contributed by atoms with Crippen molar-refractivity contribution in [2.75, 3.05) is 18.1 Å². The van der Waals surface area contributed by atoms with Gasteiger partial charge >= 0.3 is 0 Å². The Kier molecular flexibility index (Phi) is 8.23. The summed E-state index contributed by atoms with van der Waals surface area (Å²) in [6, 6.07) is 20.6. The fourth-order valence-corrected chi connectivity index (χ4v) is 3.98. The second-order valence-corrected chi connectivity index (χ2v) is 8.97. The van der Waals surface area contributed by atoms with Crippen LogP contribution in [-0.4, -0.2) is 31.2 Å². The number of carbonyl (C=O) groups is 2. The number of halogens is 1. The molecular formula is C28H28ClN3O4. The molecule has 0 spiro atoms. The highest BCUT2D eigenvalue weighted by atomic mass is 35.5. The molecule has 1 heterocycles. The molecule has 186 valence electrons. The largest absolute Gasteiger partial charge is 0.490 e. The topological polar surface area (TPSA) is 80.2 Å². The van der Waals surface area contributed by atoms with Crippen LogP contribution < -0.4 is 19.8 Å². The molecule has 1 saturated heterocycles. The molecule has 8 heteroatoms. The predicted octanol–water partition coefficient (Wildman–Crippen LogP) is 5.13. The van der Waals surface area contributed by atoms with E-state index in [1.165, 1.54) is 6.21 Å². The summed E-state index contributed by atoms with van der Waals surface area (Å²) in [5, 5.41) is 4.76. The molecule has 1 aliphatic heterocycles. The van der Waals surface area contributed by atoms with Gasteiger partial charge in [-0.25, -0.2) is 5.43 Å². The van der Waals surface area contributed by atoms with Crippen LogP contribution in [0.3, 0.4) is 0 Å². The summed E-state index contributed by atoms with van der Waals surface area (Å²) in [7, 11) is 0. The van der Waals surface area contributed by atoms with Crippen LogP contribution in [0.1, 0.15) is 30.0 Å². The van der Waals surface area contributed by atoms with Gasteiger partial charge < -0.3 is 14.4 Å². The third-order valence-corrected chi connectivity index (χ3v) is 6.06. The van der Waals surface area contributed by atoms with E-state index < -0.39 is 5.92 Å². The molecule has 4 rings (SSSR count). The number of nitrogens with zero attached hydrogens (tertiary/aromatic N) is 2. The van der Waals surface area contributed by atoms with Crippen molar-refractivity contribution in [1.29, 1.82) is 0 Å². The second-order valence-electron chi connectivity index (χ2n) is 8.53. The highest BCUT2D eigenvalue weighted by Crippen LogP contribution is 2.29. The Morgan fingerprint density at radius 1 is 1.08 bits per heavy atom. The van der Waals surface area contributed by atoms with Crippen LogP contribution in [0.2, 0.25) is 5.02 Å². The minimum Gasteiger partial charge on any atom is -0.490 e. The van der Waals surface area contributed by atoms with E-state index in [0.717, 1.165) is 22.4 Å². The number of benzene rings is 3. The first kappa shape index (κ1) is 25.3. The van der Waals surface area contributed by atoms with Gasteiger partial charge in [-0.15, -0.1) is 0 Å². The van der Waals surface area contributed by atoms with Gasteiger partial charge in [-0.1, -0.05) is 41.4 Å². The average molecular weight is 506 g/mol. The molecule has 1 atom stereocenters. The van der Waals surface area contributed by atoms with Gasteiger partial charge in [0.15, 0.2) is 11.5 Å². The van der Waals surface area contributed by atoms with Crippen LogP contribution in [0.25, 0.3) is 0 Å². The number of rotatable bonds is 9. The summed E-state index contributed by atoms with van der Waals surface area (Å²) >= 11 is 5.94. The van der Waals surface area contributed by atoms with Gasteiger partial charge in [-0.2, -0.15) is 5.10 Å². The van der Waals surface area contributed by atoms with Crippen molar-refractivity contribution in [1.82, 2.24) is 5.43 Å². The molecule has 3 aromatic rings. The quantitative estimate of drug-likeness (QED) is 0.323. The number of anilines is 1. The summed E-state index contributed by atoms with van der Waals surface area (Å²) in [6.45, 7) is 5.07. The maximum atomic E-state index is 12.6. The fraction of sp³-hybridized carbons (Fsp3) is 0.250.